The number of benzene rings is 1. The highest BCUT2D eigenvalue weighted by atomic mass is 35.5. The van der Waals surface area contributed by atoms with E-state index in [1.54, 1.807) is 6.07 Å². The Bertz CT molecular complexity index is 502. The Morgan fingerprint density at radius 1 is 1.25 bits per heavy atom. The van der Waals surface area contributed by atoms with Crippen LogP contribution in [0.4, 0.5) is 5.69 Å². The average molecular weight is 298 g/mol. The first-order valence-electron chi connectivity index (χ1n) is 6.45. The van der Waals surface area contributed by atoms with E-state index in [2.05, 4.69) is 0 Å². The molecule has 0 aliphatic carbocycles. The topological polar surface area (TPSA) is 77.3 Å². The molecule has 0 fully saturated rings. The van der Waals surface area contributed by atoms with Gasteiger partial charge in [0.15, 0.2) is 6.29 Å². The number of nitrogens with zero attached hydrogens (tertiary/aromatic N) is 1. The molecule has 0 saturated heterocycles. The number of aryl methyl sites for hydroxylation is 1. The molecular formula is C14H16ClNO4. The van der Waals surface area contributed by atoms with Crippen molar-refractivity contribution >= 4 is 28.8 Å². The minimum atomic E-state index is -0.542. The van der Waals surface area contributed by atoms with E-state index in [0.717, 1.165) is 37.7 Å². The van der Waals surface area contributed by atoms with Crippen molar-refractivity contribution in [2.75, 3.05) is 0 Å². The summed E-state index contributed by atoms with van der Waals surface area (Å²) >= 11 is 5.23. The SMILES string of the molecule is O=Cc1ccc(CCCCCCC(=O)Cl)cc1[N+](=O)[O-]. The van der Waals surface area contributed by atoms with Crippen LogP contribution in [-0.4, -0.2) is 16.5 Å². The highest BCUT2D eigenvalue weighted by Gasteiger charge is 2.13. The molecule has 0 heterocycles. The van der Waals surface area contributed by atoms with Gasteiger partial charge < -0.3 is 0 Å². The second kappa shape index (κ2) is 8.43. The molecular weight excluding hydrogens is 282 g/mol. The number of hydrogen-bond acceptors (Lipinski definition) is 4. The fourth-order valence-corrected chi connectivity index (χ4v) is 2.08. The molecule has 0 radical (unpaired) electrons. The third kappa shape index (κ3) is 5.48. The number of rotatable bonds is 9. The molecule has 0 aromatic heterocycles. The van der Waals surface area contributed by atoms with Crippen LogP contribution in [-0.2, 0) is 11.2 Å². The van der Waals surface area contributed by atoms with Crippen molar-refractivity contribution in [1.82, 2.24) is 0 Å². The van der Waals surface area contributed by atoms with Gasteiger partial charge >= 0.3 is 0 Å². The van der Waals surface area contributed by atoms with Crippen molar-refractivity contribution < 1.29 is 14.5 Å². The number of carbonyl (C=O) groups excluding carboxylic acids is 2. The maximum absolute atomic E-state index is 10.8. The summed E-state index contributed by atoms with van der Waals surface area (Å²) < 4.78 is 0. The van der Waals surface area contributed by atoms with Crippen molar-refractivity contribution in [2.24, 2.45) is 0 Å². The van der Waals surface area contributed by atoms with Crippen LogP contribution in [0.25, 0.3) is 0 Å². The molecule has 0 spiro atoms. The van der Waals surface area contributed by atoms with Crippen LogP contribution in [0.5, 0.6) is 0 Å². The average Bonchev–Trinajstić information content (AvgIpc) is 2.42. The number of carbonyl (C=O) groups is 2. The minimum Gasteiger partial charge on any atom is -0.298 e. The Morgan fingerprint density at radius 2 is 1.95 bits per heavy atom. The molecule has 0 aliphatic heterocycles. The lowest BCUT2D eigenvalue weighted by Gasteiger charge is -2.03. The van der Waals surface area contributed by atoms with Crippen LogP contribution < -0.4 is 0 Å². The van der Waals surface area contributed by atoms with Gasteiger partial charge in [0, 0.05) is 12.5 Å². The molecule has 0 atom stereocenters. The van der Waals surface area contributed by atoms with Crippen molar-refractivity contribution in [1.29, 1.82) is 0 Å². The van der Waals surface area contributed by atoms with Gasteiger partial charge in [-0.2, -0.15) is 0 Å². The molecule has 6 heteroatoms. The summed E-state index contributed by atoms with van der Waals surface area (Å²) in [5.74, 6) is 0. The number of hydrogen-bond donors (Lipinski definition) is 0. The summed E-state index contributed by atoms with van der Waals surface area (Å²) in [6, 6.07) is 4.66. The van der Waals surface area contributed by atoms with Gasteiger partial charge in [0.2, 0.25) is 5.24 Å². The van der Waals surface area contributed by atoms with Gasteiger partial charge in [0.25, 0.3) is 5.69 Å². The first-order valence-corrected chi connectivity index (χ1v) is 6.83. The fourth-order valence-electron chi connectivity index (χ4n) is 1.95. The molecule has 1 aromatic rings. The Labute approximate surface area is 122 Å². The molecule has 108 valence electrons. The molecule has 5 nitrogen and oxygen atoms in total. The summed E-state index contributed by atoms with van der Waals surface area (Å²) in [5.41, 5.74) is 0.792. The lowest BCUT2D eigenvalue weighted by molar-refractivity contribution is -0.385. The third-order valence-electron chi connectivity index (χ3n) is 3.01. The predicted molar refractivity (Wildman–Crippen MR) is 76.1 cm³/mol. The Balaban J connectivity index is 2.44. The van der Waals surface area contributed by atoms with E-state index in [9.17, 15) is 19.7 Å². The van der Waals surface area contributed by atoms with Gasteiger partial charge in [-0.25, -0.2) is 0 Å². The predicted octanol–water partition coefficient (Wildman–Crippen LogP) is 3.67. The molecule has 0 amide bonds. The largest absolute Gasteiger partial charge is 0.298 e. The van der Waals surface area contributed by atoms with Crippen LogP contribution in [0.1, 0.15) is 48.0 Å². The number of unbranched alkanes of at least 4 members (excludes halogenated alkanes) is 3. The van der Waals surface area contributed by atoms with E-state index in [1.165, 1.54) is 12.1 Å². The molecule has 0 bridgehead atoms. The smallest absolute Gasteiger partial charge is 0.280 e. The summed E-state index contributed by atoms with van der Waals surface area (Å²) in [5, 5.41) is 10.5. The van der Waals surface area contributed by atoms with Crippen molar-refractivity contribution in [3.8, 4) is 0 Å². The van der Waals surface area contributed by atoms with Gasteiger partial charge in [-0.05, 0) is 42.5 Å². The minimum absolute atomic E-state index is 0.0966. The Kier molecular flexibility index (Phi) is 6.87. The van der Waals surface area contributed by atoms with Crippen LogP contribution in [0.2, 0.25) is 0 Å². The van der Waals surface area contributed by atoms with Crippen molar-refractivity contribution in [2.45, 2.75) is 38.5 Å². The van der Waals surface area contributed by atoms with Gasteiger partial charge in [-0.3, -0.25) is 19.7 Å². The van der Waals surface area contributed by atoms with E-state index in [4.69, 9.17) is 11.6 Å². The normalized spacial score (nSPS) is 10.2. The first-order chi connectivity index (χ1) is 9.54. The van der Waals surface area contributed by atoms with E-state index < -0.39 is 4.92 Å². The number of nitro benzene ring substituents is 1. The van der Waals surface area contributed by atoms with Gasteiger partial charge in [-0.1, -0.05) is 18.9 Å². The molecule has 0 aliphatic rings. The zero-order valence-corrected chi connectivity index (χ0v) is 11.8. The molecule has 0 N–H and O–H groups in total. The standard InChI is InChI=1S/C14H16ClNO4/c15-14(18)6-4-2-1-3-5-11-7-8-12(10-17)13(9-11)16(19)20/h7-10H,1-6H2. The van der Waals surface area contributed by atoms with Crippen molar-refractivity contribution in [3.05, 3.63) is 39.4 Å². The molecule has 1 rings (SSSR count). The zero-order valence-electron chi connectivity index (χ0n) is 11.0. The molecule has 20 heavy (non-hydrogen) atoms. The summed E-state index contributed by atoms with van der Waals surface area (Å²) in [7, 11) is 0. The van der Waals surface area contributed by atoms with Crippen LogP contribution in [0.15, 0.2) is 18.2 Å². The van der Waals surface area contributed by atoms with E-state index >= 15 is 0 Å². The quantitative estimate of drug-likeness (QED) is 0.229. The second-order valence-corrected chi connectivity index (χ2v) is 4.96. The zero-order chi connectivity index (χ0) is 15.0. The highest BCUT2D eigenvalue weighted by Crippen LogP contribution is 2.20. The van der Waals surface area contributed by atoms with Crippen LogP contribution in [0.3, 0.4) is 0 Å². The van der Waals surface area contributed by atoms with Gasteiger partial charge in [0.1, 0.15) is 0 Å². The fraction of sp³-hybridized carbons (Fsp3) is 0.429. The Hall–Kier alpha value is -1.75. The Morgan fingerprint density at radius 3 is 2.55 bits per heavy atom. The van der Waals surface area contributed by atoms with Crippen LogP contribution >= 0.6 is 11.6 Å². The van der Waals surface area contributed by atoms with Crippen LogP contribution in [0, 0.1) is 10.1 Å². The van der Waals surface area contributed by atoms with Crippen molar-refractivity contribution in [3.63, 3.8) is 0 Å². The van der Waals surface area contributed by atoms with Gasteiger partial charge in [0.05, 0.1) is 10.5 Å². The lowest BCUT2D eigenvalue weighted by Crippen LogP contribution is -1.96. The molecule has 0 saturated carbocycles. The summed E-state index contributed by atoms with van der Waals surface area (Å²) in [6.07, 6.45) is 5.10. The van der Waals surface area contributed by atoms with E-state index in [0.29, 0.717) is 12.7 Å². The molecule has 1 aromatic carbocycles. The maximum atomic E-state index is 10.8. The number of aldehydes is 1. The maximum Gasteiger partial charge on any atom is 0.280 e. The summed E-state index contributed by atoms with van der Waals surface area (Å²) in [6.45, 7) is 0. The lowest BCUT2D eigenvalue weighted by atomic mass is 10.0. The summed E-state index contributed by atoms with van der Waals surface area (Å²) in [4.78, 5) is 31.5. The number of halogens is 1. The monoisotopic (exact) mass is 297 g/mol. The molecule has 0 unspecified atom stereocenters. The highest BCUT2D eigenvalue weighted by molar-refractivity contribution is 6.63. The first kappa shape index (κ1) is 16.3. The second-order valence-electron chi connectivity index (χ2n) is 4.54. The number of nitro groups is 1. The third-order valence-corrected chi connectivity index (χ3v) is 3.20. The van der Waals surface area contributed by atoms with Gasteiger partial charge in [-0.15, -0.1) is 0 Å². The van der Waals surface area contributed by atoms with E-state index in [-0.39, 0.29) is 16.5 Å². The van der Waals surface area contributed by atoms with E-state index in [1.807, 2.05) is 0 Å².